The molecule has 0 spiro atoms. The van der Waals surface area contributed by atoms with Crippen molar-refractivity contribution in [1.29, 1.82) is 0 Å². The highest BCUT2D eigenvalue weighted by Gasteiger charge is 2.18. The van der Waals surface area contributed by atoms with E-state index in [0.717, 1.165) is 5.69 Å². The highest BCUT2D eigenvalue weighted by molar-refractivity contribution is 7.14. The zero-order valence-corrected chi connectivity index (χ0v) is 14.0. The maximum Gasteiger partial charge on any atom is 0.230 e. The molecule has 0 saturated carbocycles. The number of aryl methyl sites for hydroxylation is 1. The molecule has 3 aromatic rings. The average molecular weight is 349 g/mol. The monoisotopic (exact) mass is 348 g/mol. The lowest BCUT2D eigenvalue weighted by Gasteiger charge is -2.18. The van der Waals surface area contributed by atoms with E-state index in [1.807, 2.05) is 18.4 Å². The van der Waals surface area contributed by atoms with E-state index in [0.29, 0.717) is 28.2 Å². The first-order valence-corrected chi connectivity index (χ1v) is 8.04. The number of hydrogen-bond donors (Lipinski definition) is 0. The molecular formula is C14H13ClN6OS. The predicted octanol–water partition coefficient (Wildman–Crippen LogP) is 2.82. The molecular weight excluding hydrogens is 336 g/mol. The maximum atomic E-state index is 12.0. The number of thiazole rings is 1. The Bertz CT molecular complexity index is 845. The van der Waals surface area contributed by atoms with Crippen molar-refractivity contribution in [2.24, 2.45) is 0 Å². The normalized spacial score (nSPS) is 10.7. The summed E-state index contributed by atoms with van der Waals surface area (Å²) in [6.45, 7) is 3.77. The summed E-state index contributed by atoms with van der Waals surface area (Å²) in [6, 6.07) is 7.11. The average Bonchev–Trinajstić information content (AvgIpc) is 3.10. The fourth-order valence-electron chi connectivity index (χ4n) is 2.06. The number of amides is 1. The Kier molecular flexibility index (Phi) is 4.35. The maximum absolute atomic E-state index is 12.0. The fraction of sp³-hybridized carbons (Fsp3) is 0.214. The van der Waals surface area contributed by atoms with Gasteiger partial charge in [-0.3, -0.25) is 9.69 Å². The van der Waals surface area contributed by atoms with E-state index < -0.39 is 0 Å². The Morgan fingerprint density at radius 3 is 2.91 bits per heavy atom. The third kappa shape index (κ3) is 3.38. The molecule has 9 heteroatoms. The highest BCUT2D eigenvalue weighted by Crippen LogP contribution is 2.30. The van der Waals surface area contributed by atoms with Gasteiger partial charge >= 0.3 is 0 Å². The number of carbonyl (C=O) groups is 1. The van der Waals surface area contributed by atoms with Gasteiger partial charge in [-0.05, 0) is 35.5 Å². The van der Waals surface area contributed by atoms with Crippen LogP contribution in [0.25, 0.3) is 0 Å². The van der Waals surface area contributed by atoms with Crippen molar-refractivity contribution < 1.29 is 4.79 Å². The zero-order valence-electron chi connectivity index (χ0n) is 12.5. The van der Waals surface area contributed by atoms with Gasteiger partial charge in [-0.1, -0.05) is 17.7 Å². The third-order valence-electron chi connectivity index (χ3n) is 3.13. The van der Waals surface area contributed by atoms with Gasteiger partial charge in [-0.2, -0.15) is 0 Å². The molecule has 0 saturated heterocycles. The largest absolute Gasteiger partial charge is 0.274 e. The topological polar surface area (TPSA) is 76.8 Å². The number of halogens is 1. The Morgan fingerprint density at radius 2 is 2.26 bits per heavy atom. The number of carbonyl (C=O) groups excluding carboxylic acids is 1. The number of anilines is 2. The van der Waals surface area contributed by atoms with E-state index in [9.17, 15) is 4.79 Å². The van der Waals surface area contributed by atoms with E-state index in [-0.39, 0.29) is 5.91 Å². The molecule has 118 valence electrons. The summed E-state index contributed by atoms with van der Waals surface area (Å²) in [7, 11) is 0. The summed E-state index contributed by atoms with van der Waals surface area (Å²) in [4.78, 5) is 18.1. The third-order valence-corrected chi connectivity index (χ3v) is 4.24. The van der Waals surface area contributed by atoms with Crippen LogP contribution in [0.1, 0.15) is 18.4 Å². The molecule has 2 aromatic heterocycles. The van der Waals surface area contributed by atoms with Gasteiger partial charge in [-0.25, -0.2) is 9.67 Å². The van der Waals surface area contributed by atoms with Crippen LogP contribution in [0.3, 0.4) is 0 Å². The Labute approximate surface area is 141 Å². The van der Waals surface area contributed by atoms with Crippen molar-refractivity contribution >= 4 is 39.7 Å². The molecule has 0 unspecified atom stereocenters. The van der Waals surface area contributed by atoms with Crippen molar-refractivity contribution in [3.8, 4) is 0 Å². The summed E-state index contributed by atoms with van der Waals surface area (Å²) in [5, 5.41) is 14.4. The van der Waals surface area contributed by atoms with Gasteiger partial charge in [0.25, 0.3) is 0 Å². The molecule has 0 aliphatic carbocycles. The van der Waals surface area contributed by atoms with Crippen molar-refractivity contribution in [1.82, 2.24) is 25.2 Å². The van der Waals surface area contributed by atoms with Gasteiger partial charge in [0, 0.05) is 17.3 Å². The number of benzene rings is 1. The van der Waals surface area contributed by atoms with Crippen LogP contribution in [0.4, 0.5) is 10.8 Å². The van der Waals surface area contributed by atoms with Crippen LogP contribution < -0.4 is 4.90 Å². The Morgan fingerprint density at radius 1 is 1.43 bits per heavy atom. The lowest BCUT2D eigenvalue weighted by atomic mass is 10.3. The molecule has 0 radical (unpaired) electrons. The summed E-state index contributed by atoms with van der Waals surface area (Å²) in [6.07, 6.45) is 0. The SMILES string of the molecule is CC(=O)N(c1cccc(Cl)c1)c1nc(Cn2nnnc2C)cs1. The summed E-state index contributed by atoms with van der Waals surface area (Å²) >= 11 is 7.40. The molecule has 0 fully saturated rings. The van der Waals surface area contributed by atoms with E-state index in [1.54, 1.807) is 22.9 Å². The lowest BCUT2D eigenvalue weighted by molar-refractivity contribution is -0.115. The molecule has 0 bridgehead atoms. The molecule has 0 aliphatic heterocycles. The first-order chi connectivity index (χ1) is 11.0. The van der Waals surface area contributed by atoms with Gasteiger partial charge < -0.3 is 0 Å². The van der Waals surface area contributed by atoms with E-state index in [1.165, 1.54) is 23.2 Å². The van der Waals surface area contributed by atoms with Crippen LogP contribution in [0, 0.1) is 6.92 Å². The zero-order chi connectivity index (χ0) is 16.4. The van der Waals surface area contributed by atoms with E-state index in [4.69, 9.17) is 11.6 Å². The van der Waals surface area contributed by atoms with Crippen molar-refractivity contribution in [3.63, 3.8) is 0 Å². The van der Waals surface area contributed by atoms with Crippen molar-refractivity contribution in [3.05, 3.63) is 46.2 Å². The minimum absolute atomic E-state index is 0.133. The van der Waals surface area contributed by atoms with Crippen LogP contribution in [-0.2, 0) is 11.3 Å². The van der Waals surface area contributed by atoms with Gasteiger partial charge in [-0.15, -0.1) is 16.4 Å². The Hall–Kier alpha value is -2.32. The van der Waals surface area contributed by atoms with Crippen LogP contribution >= 0.6 is 22.9 Å². The molecule has 0 aliphatic rings. The molecule has 7 nitrogen and oxygen atoms in total. The number of rotatable bonds is 4. The van der Waals surface area contributed by atoms with Gasteiger partial charge in [0.05, 0.1) is 17.9 Å². The van der Waals surface area contributed by atoms with Crippen LogP contribution in [-0.4, -0.2) is 31.1 Å². The molecule has 2 heterocycles. The lowest BCUT2D eigenvalue weighted by Crippen LogP contribution is -2.22. The highest BCUT2D eigenvalue weighted by atomic mass is 35.5. The van der Waals surface area contributed by atoms with Gasteiger partial charge in [0.1, 0.15) is 5.82 Å². The smallest absolute Gasteiger partial charge is 0.230 e. The van der Waals surface area contributed by atoms with Gasteiger partial charge in [0.15, 0.2) is 5.13 Å². The first-order valence-electron chi connectivity index (χ1n) is 6.78. The quantitative estimate of drug-likeness (QED) is 0.724. The van der Waals surface area contributed by atoms with Crippen LogP contribution in [0.15, 0.2) is 29.6 Å². The van der Waals surface area contributed by atoms with E-state index >= 15 is 0 Å². The summed E-state index contributed by atoms with van der Waals surface area (Å²) in [5.74, 6) is 0.574. The molecule has 0 atom stereocenters. The predicted molar refractivity (Wildman–Crippen MR) is 88.0 cm³/mol. The number of aromatic nitrogens is 5. The van der Waals surface area contributed by atoms with Crippen molar-refractivity contribution in [2.45, 2.75) is 20.4 Å². The minimum atomic E-state index is -0.133. The second-order valence-electron chi connectivity index (χ2n) is 4.84. The molecule has 1 aromatic carbocycles. The number of tetrazole rings is 1. The molecule has 3 rings (SSSR count). The fourth-order valence-corrected chi connectivity index (χ4v) is 3.13. The number of hydrogen-bond acceptors (Lipinski definition) is 6. The van der Waals surface area contributed by atoms with Crippen LogP contribution in [0.2, 0.25) is 5.02 Å². The minimum Gasteiger partial charge on any atom is -0.274 e. The van der Waals surface area contributed by atoms with E-state index in [2.05, 4.69) is 20.5 Å². The second-order valence-corrected chi connectivity index (χ2v) is 6.11. The summed E-state index contributed by atoms with van der Waals surface area (Å²) in [5.41, 5.74) is 1.47. The molecule has 1 amide bonds. The second kappa shape index (κ2) is 6.43. The number of nitrogens with zero attached hydrogens (tertiary/aromatic N) is 6. The first kappa shape index (κ1) is 15.6. The van der Waals surface area contributed by atoms with Crippen molar-refractivity contribution in [2.75, 3.05) is 4.90 Å². The Balaban J connectivity index is 1.90. The summed E-state index contributed by atoms with van der Waals surface area (Å²) < 4.78 is 1.65. The molecule has 0 N–H and O–H groups in total. The standard InChI is InChI=1S/C14H13ClN6OS/c1-9-17-18-19-20(9)7-12-8-23-14(16-12)21(10(2)22)13-5-3-4-11(15)6-13/h3-6,8H,7H2,1-2H3. The van der Waals surface area contributed by atoms with Crippen LogP contribution in [0.5, 0.6) is 0 Å². The van der Waals surface area contributed by atoms with Gasteiger partial charge in [0.2, 0.25) is 5.91 Å². The molecule has 23 heavy (non-hydrogen) atoms.